The van der Waals surface area contributed by atoms with Crippen molar-refractivity contribution in [3.63, 3.8) is 0 Å². The number of hydrogen-bond acceptors (Lipinski definition) is 4. The van der Waals surface area contributed by atoms with Gasteiger partial charge in [-0.3, -0.25) is 4.79 Å². The lowest BCUT2D eigenvalue weighted by Gasteiger charge is -2.36. The van der Waals surface area contributed by atoms with Crippen molar-refractivity contribution in [2.24, 2.45) is 11.8 Å². The molecule has 1 aliphatic carbocycles. The molecule has 0 aromatic rings. The molecule has 0 unspecified atom stereocenters. The maximum Gasteiger partial charge on any atom is 0.335 e. The van der Waals surface area contributed by atoms with Crippen LogP contribution in [0, 0.1) is 11.8 Å². The van der Waals surface area contributed by atoms with E-state index in [0.717, 1.165) is 6.54 Å². The monoisotopic (exact) mass is 221 g/mol. The molecule has 0 fully saturated rings. The molecule has 0 saturated heterocycles. The number of esters is 1. The number of fused-ring (bicyclic) bond motifs is 1. The Labute approximate surface area is 94.6 Å². The number of ketones is 1. The highest BCUT2D eigenvalue weighted by Crippen LogP contribution is 2.33. The van der Waals surface area contributed by atoms with Crippen LogP contribution >= 0.6 is 0 Å². The van der Waals surface area contributed by atoms with Gasteiger partial charge in [-0.2, -0.15) is 0 Å². The SMILES string of the molecule is COC(=O)C1=CN(C)C[C@H]2CC(=O)C=C[C@@H]12. The van der Waals surface area contributed by atoms with Crippen LogP contribution in [0.1, 0.15) is 6.42 Å². The summed E-state index contributed by atoms with van der Waals surface area (Å²) in [5, 5.41) is 0. The summed E-state index contributed by atoms with van der Waals surface area (Å²) in [7, 11) is 3.28. The first-order chi connectivity index (χ1) is 7.61. The number of rotatable bonds is 1. The Hall–Kier alpha value is -1.58. The molecule has 2 rings (SSSR count). The van der Waals surface area contributed by atoms with Gasteiger partial charge in [0.2, 0.25) is 0 Å². The summed E-state index contributed by atoms with van der Waals surface area (Å²) in [4.78, 5) is 24.9. The van der Waals surface area contributed by atoms with Gasteiger partial charge in [-0.1, -0.05) is 6.08 Å². The minimum Gasteiger partial charge on any atom is -0.466 e. The third kappa shape index (κ3) is 1.87. The second kappa shape index (κ2) is 4.12. The number of allylic oxidation sites excluding steroid dienone is 2. The van der Waals surface area contributed by atoms with Crippen LogP contribution < -0.4 is 0 Å². The van der Waals surface area contributed by atoms with Crippen LogP contribution in [0.25, 0.3) is 0 Å². The van der Waals surface area contributed by atoms with E-state index in [4.69, 9.17) is 4.74 Å². The molecule has 2 atom stereocenters. The summed E-state index contributed by atoms with van der Waals surface area (Å²) in [5.41, 5.74) is 0.644. The fourth-order valence-electron chi connectivity index (χ4n) is 2.41. The Balaban J connectivity index is 2.32. The number of hydrogen-bond donors (Lipinski definition) is 0. The zero-order chi connectivity index (χ0) is 11.7. The molecule has 0 bridgehead atoms. The third-order valence-corrected chi connectivity index (χ3v) is 3.12. The van der Waals surface area contributed by atoms with Crippen molar-refractivity contribution in [2.75, 3.05) is 20.7 Å². The van der Waals surface area contributed by atoms with Gasteiger partial charge in [-0.05, 0) is 12.0 Å². The van der Waals surface area contributed by atoms with Crippen molar-refractivity contribution in [3.8, 4) is 0 Å². The molecule has 1 heterocycles. The van der Waals surface area contributed by atoms with Gasteiger partial charge in [0.05, 0.1) is 12.7 Å². The van der Waals surface area contributed by atoms with E-state index in [-0.39, 0.29) is 23.6 Å². The quantitative estimate of drug-likeness (QED) is 0.613. The number of carbonyl (C=O) groups excluding carboxylic acids is 2. The molecule has 2 aliphatic rings. The topological polar surface area (TPSA) is 46.6 Å². The first-order valence-electron chi connectivity index (χ1n) is 5.33. The van der Waals surface area contributed by atoms with E-state index in [9.17, 15) is 9.59 Å². The molecule has 1 aliphatic heterocycles. The van der Waals surface area contributed by atoms with E-state index in [2.05, 4.69) is 0 Å². The average molecular weight is 221 g/mol. The second-order valence-corrected chi connectivity index (χ2v) is 4.33. The van der Waals surface area contributed by atoms with Crippen LogP contribution in [-0.4, -0.2) is 37.4 Å². The molecule has 16 heavy (non-hydrogen) atoms. The molecule has 0 aromatic heterocycles. The lowest BCUT2D eigenvalue weighted by Crippen LogP contribution is -2.38. The molecule has 4 heteroatoms. The fraction of sp³-hybridized carbons (Fsp3) is 0.500. The van der Waals surface area contributed by atoms with Crippen LogP contribution in [0.4, 0.5) is 0 Å². The van der Waals surface area contributed by atoms with Crippen molar-refractivity contribution in [1.82, 2.24) is 4.90 Å². The number of carbonyl (C=O) groups is 2. The van der Waals surface area contributed by atoms with E-state index in [1.165, 1.54) is 7.11 Å². The van der Waals surface area contributed by atoms with Crippen molar-refractivity contribution in [2.45, 2.75) is 6.42 Å². The maximum absolute atomic E-state index is 11.6. The minimum absolute atomic E-state index is 0.0290. The normalized spacial score (nSPS) is 28.5. The largest absolute Gasteiger partial charge is 0.466 e. The molecule has 0 N–H and O–H groups in total. The standard InChI is InChI=1S/C12H15NO3/c1-13-6-8-5-9(14)3-4-10(8)11(7-13)12(15)16-2/h3-4,7-8,10H,5-6H2,1-2H3/t8-,10-/m1/s1. The predicted octanol–water partition coefficient (Wildman–Crippen LogP) is 0.750. The molecular weight excluding hydrogens is 206 g/mol. The summed E-state index contributed by atoms with van der Waals surface area (Å²) in [5.74, 6) is 0.0595. The van der Waals surface area contributed by atoms with Crippen LogP contribution in [0.15, 0.2) is 23.9 Å². The number of methoxy groups -OCH3 is 1. The van der Waals surface area contributed by atoms with Gasteiger partial charge in [-0.15, -0.1) is 0 Å². The van der Waals surface area contributed by atoms with E-state index in [1.807, 2.05) is 24.2 Å². The highest BCUT2D eigenvalue weighted by atomic mass is 16.5. The van der Waals surface area contributed by atoms with Gasteiger partial charge < -0.3 is 9.64 Å². The number of ether oxygens (including phenoxy) is 1. The van der Waals surface area contributed by atoms with Crippen LogP contribution in [-0.2, 0) is 14.3 Å². The lowest BCUT2D eigenvalue weighted by molar-refractivity contribution is -0.137. The lowest BCUT2D eigenvalue weighted by atomic mass is 9.77. The van der Waals surface area contributed by atoms with Gasteiger partial charge >= 0.3 is 5.97 Å². The average Bonchev–Trinajstić information content (AvgIpc) is 2.26. The van der Waals surface area contributed by atoms with Crippen LogP contribution in [0.2, 0.25) is 0 Å². The summed E-state index contributed by atoms with van der Waals surface area (Å²) in [6.07, 6.45) is 5.72. The predicted molar refractivity (Wildman–Crippen MR) is 58.5 cm³/mol. The van der Waals surface area contributed by atoms with Gasteiger partial charge in [0.25, 0.3) is 0 Å². The van der Waals surface area contributed by atoms with Crippen molar-refractivity contribution >= 4 is 11.8 Å². The summed E-state index contributed by atoms with van der Waals surface area (Å²) >= 11 is 0. The summed E-state index contributed by atoms with van der Waals surface area (Å²) in [6.45, 7) is 0.807. The molecule has 0 spiro atoms. The van der Waals surface area contributed by atoms with Gasteiger partial charge in [-0.25, -0.2) is 4.79 Å². The zero-order valence-electron chi connectivity index (χ0n) is 9.47. The van der Waals surface area contributed by atoms with E-state index in [1.54, 1.807) is 6.08 Å². The molecule has 0 radical (unpaired) electrons. The molecule has 4 nitrogen and oxygen atoms in total. The minimum atomic E-state index is -0.305. The molecule has 0 aromatic carbocycles. The Morgan fingerprint density at radius 3 is 3.00 bits per heavy atom. The third-order valence-electron chi connectivity index (χ3n) is 3.12. The fourth-order valence-corrected chi connectivity index (χ4v) is 2.41. The first-order valence-corrected chi connectivity index (χ1v) is 5.33. The zero-order valence-corrected chi connectivity index (χ0v) is 9.47. The Morgan fingerprint density at radius 2 is 2.31 bits per heavy atom. The van der Waals surface area contributed by atoms with Crippen LogP contribution in [0.5, 0.6) is 0 Å². The van der Waals surface area contributed by atoms with Crippen LogP contribution in [0.3, 0.4) is 0 Å². The first kappa shape index (κ1) is 10.9. The van der Waals surface area contributed by atoms with Gasteiger partial charge in [0.1, 0.15) is 0 Å². The van der Waals surface area contributed by atoms with Crippen molar-refractivity contribution < 1.29 is 14.3 Å². The van der Waals surface area contributed by atoms with E-state index < -0.39 is 0 Å². The van der Waals surface area contributed by atoms with Crippen molar-refractivity contribution in [3.05, 3.63) is 23.9 Å². The Morgan fingerprint density at radius 1 is 1.56 bits per heavy atom. The smallest absolute Gasteiger partial charge is 0.335 e. The maximum atomic E-state index is 11.6. The van der Waals surface area contributed by atoms with E-state index >= 15 is 0 Å². The van der Waals surface area contributed by atoms with Crippen molar-refractivity contribution in [1.29, 1.82) is 0 Å². The highest BCUT2D eigenvalue weighted by Gasteiger charge is 2.35. The molecular formula is C12H15NO3. The molecule has 86 valence electrons. The summed E-state index contributed by atoms with van der Waals surface area (Å²) in [6, 6.07) is 0. The highest BCUT2D eigenvalue weighted by molar-refractivity contribution is 5.94. The number of nitrogens with zero attached hydrogens (tertiary/aromatic N) is 1. The Kier molecular flexibility index (Phi) is 2.81. The Bertz CT molecular complexity index is 384. The molecule has 0 amide bonds. The molecule has 0 saturated carbocycles. The summed E-state index contributed by atoms with van der Waals surface area (Å²) < 4.78 is 4.76. The van der Waals surface area contributed by atoms with Gasteiger partial charge in [0, 0.05) is 32.1 Å². The van der Waals surface area contributed by atoms with E-state index in [0.29, 0.717) is 12.0 Å². The van der Waals surface area contributed by atoms with Gasteiger partial charge in [0.15, 0.2) is 5.78 Å². The second-order valence-electron chi connectivity index (χ2n) is 4.33.